The molecule has 0 spiro atoms. The van der Waals surface area contributed by atoms with Crippen LogP contribution in [0.15, 0.2) is 45.6 Å². The van der Waals surface area contributed by atoms with Crippen LogP contribution < -0.4 is 25.7 Å². The maximum atomic E-state index is 12.5. The summed E-state index contributed by atoms with van der Waals surface area (Å²) >= 11 is 0. The fourth-order valence-corrected chi connectivity index (χ4v) is 3.20. The van der Waals surface area contributed by atoms with E-state index in [2.05, 4.69) is 24.5 Å². The third kappa shape index (κ3) is 5.71. The molecule has 0 bridgehead atoms. The summed E-state index contributed by atoms with van der Waals surface area (Å²) < 4.78 is 17.1. The third-order valence-electron chi connectivity index (χ3n) is 4.69. The average Bonchev–Trinajstić information content (AvgIpc) is 2.73. The standard InChI is InChI=1S/C23H30N2O4/c1-3-24-11-5-13-27-17-7-9-19-20-10-8-18(28-14-6-12-25-4-2)16-22(20)29-23(26)21(19)15-17/h7-10,15-16,24-25H,3-6,11-14H2,1-2H3. The van der Waals surface area contributed by atoms with E-state index in [9.17, 15) is 4.79 Å². The maximum Gasteiger partial charge on any atom is 0.344 e. The van der Waals surface area contributed by atoms with Crippen LogP contribution in [0.5, 0.6) is 11.5 Å². The zero-order valence-corrected chi connectivity index (χ0v) is 17.3. The number of rotatable bonds is 12. The fourth-order valence-electron chi connectivity index (χ4n) is 3.20. The van der Waals surface area contributed by atoms with Crippen molar-refractivity contribution in [3.05, 3.63) is 46.8 Å². The van der Waals surface area contributed by atoms with Crippen LogP contribution in [0.3, 0.4) is 0 Å². The predicted octanol–water partition coefficient (Wildman–Crippen LogP) is 3.70. The van der Waals surface area contributed by atoms with Crippen molar-refractivity contribution in [2.75, 3.05) is 39.4 Å². The highest BCUT2D eigenvalue weighted by Gasteiger charge is 2.10. The van der Waals surface area contributed by atoms with Gasteiger partial charge in [-0.3, -0.25) is 0 Å². The summed E-state index contributed by atoms with van der Waals surface area (Å²) in [6.45, 7) is 9.12. The Kier molecular flexibility index (Phi) is 7.90. The van der Waals surface area contributed by atoms with Crippen LogP contribution in [0.2, 0.25) is 0 Å². The zero-order valence-electron chi connectivity index (χ0n) is 17.3. The molecule has 0 saturated heterocycles. The number of ether oxygens (including phenoxy) is 2. The second-order valence-corrected chi connectivity index (χ2v) is 6.87. The molecule has 0 radical (unpaired) electrons. The lowest BCUT2D eigenvalue weighted by molar-refractivity contribution is 0.308. The summed E-state index contributed by atoms with van der Waals surface area (Å²) in [5.41, 5.74) is 0.167. The minimum atomic E-state index is -0.366. The lowest BCUT2D eigenvalue weighted by atomic mass is 10.1. The molecule has 1 aromatic heterocycles. The van der Waals surface area contributed by atoms with E-state index in [1.165, 1.54) is 0 Å². The summed E-state index contributed by atoms with van der Waals surface area (Å²) in [7, 11) is 0. The molecular formula is C23H30N2O4. The molecule has 0 amide bonds. The lowest BCUT2D eigenvalue weighted by Crippen LogP contribution is -2.16. The molecule has 1 heterocycles. The molecule has 29 heavy (non-hydrogen) atoms. The van der Waals surface area contributed by atoms with Crippen molar-refractivity contribution in [2.24, 2.45) is 0 Å². The molecule has 6 heteroatoms. The van der Waals surface area contributed by atoms with Gasteiger partial charge in [-0.25, -0.2) is 4.79 Å². The Hall–Kier alpha value is -2.57. The van der Waals surface area contributed by atoms with Crippen molar-refractivity contribution >= 4 is 21.7 Å². The molecule has 0 saturated carbocycles. The number of hydrogen-bond donors (Lipinski definition) is 2. The van der Waals surface area contributed by atoms with Crippen molar-refractivity contribution in [3.63, 3.8) is 0 Å². The van der Waals surface area contributed by atoms with Crippen LogP contribution in [0, 0.1) is 0 Å². The van der Waals surface area contributed by atoms with Gasteiger partial charge in [-0.05, 0) is 69.4 Å². The van der Waals surface area contributed by atoms with Gasteiger partial charge in [0.15, 0.2) is 0 Å². The van der Waals surface area contributed by atoms with Crippen molar-refractivity contribution < 1.29 is 13.9 Å². The fraction of sp³-hybridized carbons (Fsp3) is 0.435. The summed E-state index contributed by atoms with van der Waals surface area (Å²) in [6, 6.07) is 11.2. The minimum absolute atomic E-state index is 0.366. The Balaban J connectivity index is 1.74. The zero-order chi connectivity index (χ0) is 20.5. The minimum Gasteiger partial charge on any atom is -0.494 e. The molecule has 0 unspecified atom stereocenters. The Morgan fingerprint density at radius 1 is 0.793 bits per heavy atom. The Morgan fingerprint density at radius 2 is 1.38 bits per heavy atom. The van der Waals surface area contributed by atoms with Gasteiger partial charge in [-0.1, -0.05) is 13.8 Å². The van der Waals surface area contributed by atoms with Crippen molar-refractivity contribution in [2.45, 2.75) is 26.7 Å². The van der Waals surface area contributed by atoms with Crippen LogP contribution in [0.1, 0.15) is 26.7 Å². The van der Waals surface area contributed by atoms with Gasteiger partial charge in [0.05, 0.1) is 18.6 Å². The first-order chi connectivity index (χ1) is 14.2. The van der Waals surface area contributed by atoms with Crippen LogP contribution in [-0.4, -0.2) is 39.4 Å². The molecule has 6 nitrogen and oxygen atoms in total. The molecular weight excluding hydrogens is 368 g/mol. The highest BCUT2D eigenvalue weighted by molar-refractivity contribution is 6.04. The summed E-state index contributed by atoms with van der Waals surface area (Å²) in [4.78, 5) is 12.5. The lowest BCUT2D eigenvalue weighted by Gasteiger charge is -2.10. The van der Waals surface area contributed by atoms with Crippen LogP contribution >= 0.6 is 0 Å². The number of nitrogens with one attached hydrogen (secondary N) is 2. The third-order valence-corrected chi connectivity index (χ3v) is 4.69. The van der Waals surface area contributed by atoms with Gasteiger partial charge < -0.3 is 24.5 Å². The first-order valence-corrected chi connectivity index (χ1v) is 10.4. The Bertz CT molecular complexity index is 984. The monoisotopic (exact) mass is 398 g/mol. The van der Waals surface area contributed by atoms with Gasteiger partial charge in [0.1, 0.15) is 17.1 Å². The second kappa shape index (κ2) is 10.8. The van der Waals surface area contributed by atoms with E-state index in [-0.39, 0.29) is 5.63 Å². The molecule has 2 N–H and O–H groups in total. The Labute approximate surface area is 171 Å². The molecule has 0 aliphatic heterocycles. The second-order valence-electron chi connectivity index (χ2n) is 6.87. The first-order valence-electron chi connectivity index (χ1n) is 10.4. The van der Waals surface area contributed by atoms with E-state index < -0.39 is 0 Å². The van der Waals surface area contributed by atoms with Crippen molar-refractivity contribution in [1.82, 2.24) is 10.6 Å². The normalized spacial score (nSPS) is 11.2. The highest BCUT2D eigenvalue weighted by atomic mass is 16.5. The van der Waals surface area contributed by atoms with Gasteiger partial charge in [0, 0.05) is 16.8 Å². The summed E-state index contributed by atoms with van der Waals surface area (Å²) in [6.07, 6.45) is 1.83. The van der Waals surface area contributed by atoms with Crippen molar-refractivity contribution in [3.8, 4) is 11.5 Å². The molecule has 0 aliphatic rings. The van der Waals surface area contributed by atoms with Crippen molar-refractivity contribution in [1.29, 1.82) is 0 Å². The predicted molar refractivity (Wildman–Crippen MR) is 117 cm³/mol. The largest absolute Gasteiger partial charge is 0.494 e. The molecule has 156 valence electrons. The highest BCUT2D eigenvalue weighted by Crippen LogP contribution is 2.28. The number of benzene rings is 2. The molecule has 0 fully saturated rings. The quantitative estimate of drug-likeness (QED) is 0.275. The summed E-state index contributed by atoms with van der Waals surface area (Å²) in [5, 5.41) is 8.80. The van der Waals surface area contributed by atoms with Crippen LogP contribution in [0.25, 0.3) is 21.7 Å². The van der Waals surface area contributed by atoms with Crippen LogP contribution in [-0.2, 0) is 0 Å². The topological polar surface area (TPSA) is 72.7 Å². The van der Waals surface area contributed by atoms with E-state index >= 15 is 0 Å². The van der Waals surface area contributed by atoms with Crippen LogP contribution in [0.4, 0.5) is 0 Å². The summed E-state index contributed by atoms with van der Waals surface area (Å²) in [5.74, 6) is 1.39. The molecule has 2 aromatic carbocycles. The Morgan fingerprint density at radius 3 is 2.00 bits per heavy atom. The van der Waals surface area contributed by atoms with E-state index in [4.69, 9.17) is 13.9 Å². The number of fused-ring (bicyclic) bond motifs is 3. The van der Waals surface area contributed by atoms with E-state index in [1.54, 1.807) is 12.1 Å². The smallest absolute Gasteiger partial charge is 0.344 e. The molecule has 3 rings (SSSR count). The SMILES string of the molecule is CCNCCCOc1ccc2c(c1)oc(=O)c1cc(OCCCNCC)ccc12. The van der Waals surface area contributed by atoms with E-state index in [1.807, 2.05) is 24.3 Å². The van der Waals surface area contributed by atoms with Gasteiger partial charge >= 0.3 is 5.63 Å². The van der Waals surface area contributed by atoms with E-state index in [0.29, 0.717) is 35.7 Å². The van der Waals surface area contributed by atoms with E-state index in [0.717, 1.165) is 49.8 Å². The molecule has 0 atom stereocenters. The van der Waals surface area contributed by atoms with Gasteiger partial charge in [0.2, 0.25) is 0 Å². The van der Waals surface area contributed by atoms with Gasteiger partial charge in [0.25, 0.3) is 0 Å². The number of hydrogen-bond acceptors (Lipinski definition) is 6. The first kappa shape index (κ1) is 21.1. The van der Waals surface area contributed by atoms with Gasteiger partial charge in [-0.2, -0.15) is 0 Å². The molecule has 0 aliphatic carbocycles. The van der Waals surface area contributed by atoms with Gasteiger partial charge in [-0.15, -0.1) is 0 Å². The average molecular weight is 399 g/mol. The maximum absolute atomic E-state index is 12.5. The molecule has 3 aromatic rings.